The first-order valence-corrected chi connectivity index (χ1v) is 19.8. The van der Waals surface area contributed by atoms with Crippen LogP contribution < -0.4 is 31.8 Å². The monoisotopic (exact) mass is 634 g/mol. The van der Waals surface area contributed by atoms with Crippen molar-refractivity contribution in [3.8, 4) is 0 Å². The maximum absolute atomic E-state index is 2.65. The van der Waals surface area contributed by atoms with Gasteiger partial charge in [0.25, 0.3) is 0 Å². The van der Waals surface area contributed by atoms with Crippen molar-refractivity contribution < 1.29 is 0 Å². The summed E-state index contributed by atoms with van der Waals surface area (Å²) in [6.45, 7) is 13.1. The lowest BCUT2D eigenvalue weighted by molar-refractivity contribution is 1.48. The standard InChI is InChI=1S/C44H44P2/c1-33-7-19-39(20-8-33)45(40-21-9-34(2)10-22-40,41-23-11-35(3)12-24-41)31-32-46(42-25-13-36(4)14-26-42,43-27-15-37(5)16-28-43)44-29-17-38(6)18-30-44/h7-32H,1-6H3/q+2/b32-31+. The number of hydrogen-bond donors (Lipinski definition) is 0. The highest BCUT2D eigenvalue weighted by Crippen LogP contribution is 2.63. The molecule has 0 N–H and O–H groups in total. The largest absolute Gasteiger partial charge is 0.140 e. The topological polar surface area (TPSA) is 0 Å². The molecule has 0 fully saturated rings. The molecule has 0 radical (unpaired) electrons. The Balaban J connectivity index is 1.74. The Hall–Kier alpha value is -4.08. The van der Waals surface area contributed by atoms with Crippen molar-refractivity contribution in [2.45, 2.75) is 41.5 Å². The van der Waals surface area contributed by atoms with Crippen molar-refractivity contribution >= 4 is 46.4 Å². The fraction of sp³-hybridized carbons (Fsp3) is 0.136. The van der Waals surface area contributed by atoms with Gasteiger partial charge in [-0.05, 0) is 114 Å². The Bertz CT molecular complexity index is 1560. The van der Waals surface area contributed by atoms with Crippen LogP contribution in [-0.2, 0) is 0 Å². The lowest BCUT2D eigenvalue weighted by Crippen LogP contribution is -2.32. The summed E-state index contributed by atoms with van der Waals surface area (Å²) >= 11 is 0. The maximum atomic E-state index is 2.65. The molecular formula is C44H44P2+2. The van der Waals surface area contributed by atoms with E-state index in [1.54, 1.807) is 0 Å². The zero-order chi connectivity index (χ0) is 32.3. The minimum absolute atomic E-state index is 1.28. The van der Waals surface area contributed by atoms with Crippen molar-refractivity contribution in [2.75, 3.05) is 0 Å². The molecule has 0 aromatic heterocycles. The molecule has 0 atom stereocenters. The molecule has 0 unspecified atom stereocenters. The summed E-state index contributed by atoms with van der Waals surface area (Å²) in [4.78, 5) is 0. The molecule has 0 nitrogen and oxygen atoms in total. The van der Waals surface area contributed by atoms with E-state index in [1.807, 2.05) is 0 Å². The Labute approximate surface area is 277 Å². The molecule has 0 saturated heterocycles. The van der Waals surface area contributed by atoms with E-state index in [4.69, 9.17) is 0 Å². The molecule has 0 saturated carbocycles. The van der Waals surface area contributed by atoms with Gasteiger partial charge in [0.15, 0.2) is 0 Å². The molecule has 0 aliphatic rings. The molecule has 0 aliphatic carbocycles. The molecule has 0 bridgehead atoms. The Morgan fingerprint density at radius 3 is 0.500 bits per heavy atom. The molecule has 0 aliphatic heterocycles. The number of hydrogen-bond acceptors (Lipinski definition) is 0. The Kier molecular flexibility index (Phi) is 9.25. The van der Waals surface area contributed by atoms with Gasteiger partial charge in [0.1, 0.15) is 58.0 Å². The molecule has 46 heavy (non-hydrogen) atoms. The van der Waals surface area contributed by atoms with E-state index in [2.05, 4.69) is 199 Å². The van der Waals surface area contributed by atoms with Gasteiger partial charge in [0.2, 0.25) is 0 Å². The van der Waals surface area contributed by atoms with Crippen LogP contribution in [0, 0.1) is 41.5 Å². The number of rotatable bonds is 8. The van der Waals surface area contributed by atoms with Crippen LogP contribution in [0.2, 0.25) is 0 Å². The quantitative estimate of drug-likeness (QED) is 0.146. The number of benzene rings is 6. The fourth-order valence-corrected chi connectivity index (χ4v) is 14.4. The third-order valence-electron chi connectivity index (χ3n) is 9.16. The minimum Gasteiger partial charge on any atom is -0.0554 e. The second kappa shape index (κ2) is 13.3. The van der Waals surface area contributed by atoms with Crippen LogP contribution in [-0.4, -0.2) is 0 Å². The van der Waals surface area contributed by atoms with Gasteiger partial charge in [0, 0.05) is 0 Å². The highest BCUT2D eigenvalue weighted by molar-refractivity contribution is 8.01. The summed E-state index contributed by atoms with van der Waals surface area (Å²) in [6.07, 6.45) is 0. The zero-order valence-corrected chi connectivity index (χ0v) is 29.7. The van der Waals surface area contributed by atoms with Gasteiger partial charge in [-0.25, -0.2) is 0 Å². The molecule has 6 rings (SSSR count). The van der Waals surface area contributed by atoms with Crippen LogP contribution in [0.3, 0.4) is 0 Å². The van der Waals surface area contributed by atoms with Gasteiger partial charge >= 0.3 is 0 Å². The van der Waals surface area contributed by atoms with Crippen LogP contribution in [0.15, 0.2) is 157 Å². The third kappa shape index (κ3) is 6.18. The predicted octanol–water partition coefficient (Wildman–Crippen LogP) is 9.30. The summed E-state index contributed by atoms with van der Waals surface area (Å²) in [5, 5.41) is 8.23. The lowest BCUT2D eigenvalue weighted by Gasteiger charge is -2.28. The van der Waals surface area contributed by atoms with Gasteiger partial charge in [-0.3, -0.25) is 0 Å². The van der Waals surface area contributed by atoms with Crippen LogP contribution in [0.25, 0.3) is 0 Å². The first-order chi connectivity index (χ1) is 22.2. The lowest BCUT2D eigenvalue weighted by atomic mass is 10.2. The van der Waals surface area contributed by atoms with Gasteiger partial charge in [-0.1, -0.05) is 106 Å². The SMILES string of the molecule is Cc1ccc([P+](/C=C/[P+](c2ccc(C)cc2)(c2ccc(C)cc2)c2ccc(C)cc2)(c2ccc(C)cc2)c2ccc(C)cc2)cc1. The van der Waals surface area contributed by atoms with Crippen molar-refractivity contribution in [1.29, 1.82) is 0 Å². The molecule has 2 heteroatoms. The van der Waals surface area contributed by atoms with E-state index < -0.39 is 14.5 Å². The predicted molar refractivity (Wildman–Crippen MR) is 208 cm³/mol. The molecule has 6 aromatic rings. The smallest absolute Gasteiger partial charge is 0.0554 e. The fourth-order valence-electron chi connectivity index (χ4n) is 6.29. The highest BCUT2D eigenvalue weighted by atomic mass is 31.2. The van der Waals surface area contributed by atoms with E-state index in [-0.39, 0.29) is 0 Å². The van der Waals surface area contributed by atoms with Gasteiger partial charge in [0.05, 0.1) is 0 Å². The van der Waals surface area contributed by atoms with Gasteiger partial charge < -0.3 is 0 Å². The van der Waals surface area contributed by atoms with E-state index in [0.717, 1.165) is 0 Å². The molecule has 0 spiro atoms. The van der Waals surface area contributed by atoms with E-state index in [1.165, 1.54) is 65.2 Å². The van der Waals surface area contributed by atoms with Crippen LogP contribution in [0.1, 0.15) is 33.4 Å². The molecular weight excluding hydrogens is 590 g/mol. The third-order valence-corrected chi connectivity index (χ3v) is 17.3. The summed E-state index contributed by atoms with van der Waals surface area (Å²) in [6, 6.07) is 55.8. The van der Waals surface area contributed by atoms with Crippen molar-refractivity contribution in [3.05, 3.63) is 191 Å². The normalized spacial score (nSPS) is 12.0. The molecule has 228 valence electrons. The first kappa shape index (κ1) is 31.9. The van der Waals surface area contributed by atoms with Gasteiger partial charge in [-0.15, -0.1) is 0 Å². The van der Waals surface area contributed by atoms with Crippen molar-refractivity contribution in [3.63, 3.8) is 0 Å². The molecule has 6 aromatic carbocycles. The number of aryl methyl sites for hydroxylation is 6. The average molecular weight is 635 g/mol. The van der Waals surface area contributed by atoms with E-state index >= 15 is 0 Å². The second-order valence-electron chi connectivity index (χ2n) is 12.8. The summed E-state index contributed by atoms with van der Waals surface area (Å²) in [7, 11) is -4.50. The van der Waals surface area contributed by atoms with Crippen LogP contribution >= 0.6 is 14.5 Å². The van der Waals surface area contributed by atoms with E-state index in [9.17, 15) is 0 Å². The highest BCUT2D eigenvalue weighted by Gasteiger charge is 2.49. The Morgan fingerprint density at radius 2 is 0.370 bits per heavy atom. The van der Waals surface area contributed by atoms with Crippen molar-refractivity contribution in [1.82, 2.24) is 0 Å². The van der Waals surface area contributed by atoms with Crippen LogP contribution in [0.5, 0.6) is 0 Å². The average Bonchev–Trinajstić information content (AvgIpc) is 3.07. The zero-order valence-electron chi connectivity index (χ0n) is 27.9. The summed E-state index contributed by atoms with van der Waals surface area (Å²) in [5.41, 5.74) is 7.66. The second-order valence-corrected chi connectivity index (χ2v) is 19.3. The van der Waals surface area contributed by atoms with Crippen LogP contribution in [0.4, 0.5) is 0 Å². The Morgan fingerprint density at radius 1 is 0.239 bits per heavy atom. The van der Waals surface area contributed by atoms with E-state index in [0.29, 0.717) is 0 Å². The van der Waals surface area contributed by atoms with Gasteiger partial charge in [-0.2, -0.15) is 0 Å². The first-order valence-electron chi connectivity index (χ1n) is 16.1. The molecule has 0 amide bonds. The minimum atomic E-state index is -2.25. The maximum Gasteiger partial charge on any atom is 0.140 e. The summed E-state index contributed by atoms with van der Waals surface area (Å²) in [5.74, 6) is 5.31. The summed E-state index contributed by atoms with van der Waals surface area (Å²) < 4.78 is 0. The molecule has 0 heterocycles. The van der Waals surface area contributed by atoms with Crippen molar-refractivity contribution in [2.24, 2.45) is 0 Å².